The van der Waals surface area contributed by atoms with Gasteiger partial charge in [-0.25, -0.2) is 18.6 Å². The van der Waals surface area contributed by atoms with Crippen LogP contribution in [0.5, 0.6) is 17.2 Å². The zero-order valence-electron chi connectivity index (χ0n) is 17.8. The first-order valence-electron chi connectivity index (χ1n) is 9.49. The quantitative estimate of drug-likeness (QED) is 0.409. The number of carbonyl (C=O) groups is 3. The number of aromatic nitrogens is 1. The minimum atomic E-state index is -0.827. The number of hydrogen-bond acceptors (Lipinski definition) is 8. The van der Waals surface area contributed by atoms with Crippen molar-refractivity contribution in [2.75, 3.05) is 31.4 Å². The predicted molar refractivity (Wildman–Crippen MR) is 119 cm³/mol. The first-order chi connectivity index (χ1) is 16.3. The molecule has 1 aromatic heterocycles. The van der Waals surface area contributed by atoms with E-state index in [2.05, 4.69) is 25.7 Å². The lowest BCUT2D eigenvalue weighted by Crippen LogP contribution is -2.30. The van der Waals surface area contributed by atoms with Crippen molar-refractivity contribution in [1.82, 2.24) is 10.3 Å². The lowest BCUT2D eigenvalue weighted by atomic mass is 10.2. The van der Waals surface area contributed by atoms with Crippen molar-refractivity contribution in [2.45, 2.75) is 0 Å². The molecule has 3 aromatic rings. The first kappa shape index (κ1) is 24.4. The standard InChI is InChI=1S/C21H18F2N4O6S/c1-31-16-5-3-4-12(23)18(16)33-15-7-6-11(22)8-13(15)25-20(30)27-21-26-14(10-34-21)19(29)24-9-17(28)32-2/h3-8,10H,9H2,1-2H3,(H,24,29)(H2,25,26,27,30). The summed E-state index contributed by atoms with van der Waals surface area (Å²) in [7, 11) is 2.51. The average molecular weight is 492 g/mol. The predicted octanol–water partition coefficient (Wildman–Crippen LogP) is 3.77. The number of ether oxygens (including phenoxy) is 3. The van der Waals surface area contributed by atoms with Gasteiger partial charge in [0.25, 0.3) is 5.91 Å². The number of urea groups is 1. The van der Waals surface area contributed by atoms with E-state index >= 15 is 0 Å². The monoisotopic (exact) mass is 492 g/mol. The van der Waals surface area contributed by atoms with Gasteiger partial charge in [-0.2, -0.15) is 0 Å². The van der Waals surface area contributed by atoms with Crippen molar-refractivity contribution in [2.24, 2.45) is 0 Å². The SMILES string of the molecule is COC(=O)CNC(=O)c1csc(NC(=O)Nc2cc(F)ccc2Oc2c(F)cccc2OC)n1. The van der Waals surface area contributed by atoms with Gasteiger partial charge in [-0.15, -0.1) is 11.3 Å². The van der Waals surface area contributed by atoms with Crippen molar-refractivity contribution in [1.29, 1.82) is 0 Å². The van der Waals surface area contributed by atoms with Crippen molar-refractivity contribution >= 4 is 40.1 Å². The summed E-state index contributed by atoms with van der Waals surface area (Å²) in [6.07, 6.45) is 0. The zero-order valence-corrected chi connectivity index (χ0v) is 18.6. The summed E-state index contributed by atoms with van der Waals surface area (Å²) < 4.78 is 43.1. The molecule has 0 unspecified atom stereocenters. The number of carbonyl (C=O) groups excluding carboxylic acids is 3. The third kappa shape index (κ3) is 6.16. The van der Waals surface area contributed by atoms with E-state index in [-0.39, 0.29) is 40.3 Å². The fraction of sp³-hybridized carbons (Fsp3) is 0.143. The maximum absolute atomic E-state index is 14.2. The fourth-order valence-corrected chi connectivity index (χ4v) is 3.23. The molecule has 3 amide bonds. The fourth-order valence-electron chi connectivity index (χ4n) is 2.55. The molecule has 0 spiro atoms. The van der Waals surface area contributed by atoms with Gasteiger partial charge in [0.2, 0.25) is 5.75 Å². The summed E-state index contributed by atoms with van der Waals surface area (Å²) in [4.78, 5) is 39.5. The number of hydrogen-bond donors (Lipinski definition) is 3. The van der Waals surface area contributed by atoms with E-state index < -0.39 is 29.5 Å². The smallest absolute Gasteiger partial charge is 0.325 e. The number of amides is 3. The molecule has 34 heavy (non-hydrogen) atoms. The molecule has 0 atom stereocenters. The van der Waals surface area contributed by atoms with Crippen molar-refractivity contribution < 1.29 is 37.4 Å². The van der Waals surface area contributed by atoms with Crippen molar-refractivity contribution in [3.63, 3.8) is 0 Å². The molecule has 0 radical (unpaired) electrons. The van der Waals surface area contributed by atoms with Gasteiger partial charge < -0.3 is 24.8 Å². The van der Waals surface area contributed by atoms with Crippen molar-refractivity contribution in [3.8, 4) is 17.2 Å². The summed E-state index contributed by atoms with van der Waals surface area (Å²) in [5.74, 6) is -2.89. The third-order valence-electron chi connectivity index (χ3n) is 4.13. The Hall–Kier alpha value is -4.26. The minimum absolute atomic E-state index is 0.0365. The van der Waals surface area contributed by atoms with Crippen LogP contribution in [0.1, 0.15) is 10.5 Å². The van der Waals surface area contributed by atoms with Crippen LogP contribution in [0.2, 0.25) is 0 Å². The highest BCUT2D eigenvalue weighted by atomic mass is 32.1. The van der Waals surface area contributed by atoms with Gasteiger partial charge in [-0.05, 0) is 24.3 Å². The maximum atomic E-state index is 14.2. The Bertz CT molecular complexity index is 1220. The summed E-state index contributed by atoms with van der Waals surface area (Å²) in [5.41, 5.74) is -0.138. The number of thiazole rings is 1. The van der Waals surface area contributed by atoms with Crippen LogP contribution in [0.4, 0.5) is 24.4 Å². The lowest BCUT2D eigenvalue weighted by molar-refractivity contribution is -0.139. The molecule has 0 saturated carbocycles. The molecule has 3 rings (SSSR count). The number of halogens is 2. The molecule has 0 fully saturated rings. The van der Waals surface area contributed by atoms with Crippen LogP contribution in [0.25, 0.3) is 0 Å². The van der Waals surface area contributed by atoms with E-state index in [4.69, 9.17) is 9.47 Å². The second-order valence-electron chi connectivity index (χ2n) is 6.39. The molecular formula is C21H18F2N4O6S. The molecule has 0 aliphatic carbocycles. The Balaban J connectivity index is 1.70. The molecule has 0 bridgehead atoms. The molecule has 13 heteroatoms. The Morgan fingerprint density at radius 2 is 1.85 bits per heavy atom. The summed E-state index contributed by atoms with van der Waals surface area (Å²) in [5, 5.41) is 8.51. The third-order valence-corrected chi connectivity index (χ3v) is 4.89. The molecule has 178 valence electrons. The summed E-state index contributed by atoms with van der Waals surface area (Å²) >= 11 is 0.942. The van der Waals surface area contributed by atoms with Gasteiger partial charge in [0.15, 0.2) is 22.4 Å². The summed E-state index contributed by atoms with van der Waals surface area (Å²) in [6.45, 7) is -0.342. The zero-order chi connectivity index (χ0) is 24.7. The van der Waals surface area contributed by atoms with Crippen LogP contribution in [0.3, 0.4) is 0 Å². The topological polar surface area (TPSA) is 128 Å². The number of esters is 1. The van der Waals surface area contributed by atoms with Gasteiger partial charge in [-0.3, -0.25) is 14.9 Å². The van der Waals surface area contributed by atoms with E-state index in [0.29, 0.717) is 0 Å². The molecule has 10 nitrogen and oxygen atoms in total. The summed E-state index contributed by atoms with van der Waals surface area (Å²) in [6, 6.07) is 6.50. The molecule has 0 aliphatic heterocycles. The molecule has 2 aromatic carbocycles. The van der Waals surface area contributed by atoms with Crippen molar-refractivity contribution in [3.05, 3.63) is 59.1 Å². The molecular weight excluding hydrogens is 474 g/mol. The van der Waals surface area contributed by atoms with Gasteiger partial charge in [0.05, 0.1) is 19.9 Å². The number of benzene rings is 2. The van der Waals surface area contributed by atoms with Gasteiger partial charge >= 0.3 is 12.0 Å². The Kier molecular flexibility index (Phi) is 7.92. The number of para-hydroxylation sites is 1. The molecule has 0 saturated heterocycles. The highest BCUT2D eigenvalue weighted by Gasteiger charge is 2.17. The number of nitrogens with zero attached hydrogens (tertiary/aromatic N) is 1. The highest BCUT2D eigenvalue weighted by molar-refractivity contribution is 7.14. The van der Waals surface area contributed by atoms with Gasteiger partial charge in [-0.1, -0.05) is 6.07 Å². The highest BCUT2D eigenvalue weighted by Crippen LogP contribution is 2.37. The Morgan fingerprint density at radius 3 is 2.59 bits per heavy atom. The van der Waals surface area contributed by atoms with E-state index in [0.717, 1.165) is 29.5 Å². The number of rotatable bonds is 8. The number of nitrogens with one attached hydrogen (secondary N) is 3. The molecule has 0 aliphatic rings. The second kappa shape index (κ2) is 11.0. The van der Waals surface area contributed by atoms with Crippen LogP contribution in [-0.2, 0) is 9.53 Å². The minimum Gasteiger partial charge on any atom is -0.493 e. The largest absolute Gasteiger partial charge is 0.493 e. The Morgan fingerprint density at radius 1 is 1.06 bits per heavy atom. The van der Waals surface area contributed by atoms with Crippen LogP contribution in [-0.4, -0.2) is 43.7 Å². The molecule has 3 N–H and O–H groups in total. The van der Waals surface area contributed by atoms with Crippen LogP contribution >= 0.6 is 11.3 Å². The van der Waals surface area contributed by atoms with Crippen LogP contribution in [0.15, 0.2) is 41.8 Å². The van der Waals surface area contributed by atoms with E-state index in [1.54, 1.807) is 0 Å². The van der Waals surface area contributed by atoms with Gasteiger partial charge in [0.1, 0.15) is 18.1 Å². The maximum Gasteiger partial charge on any atom is 0.325 e. The Labute approximate surface area is 195 Å². The number of anilines is 2. The average Bonchev–Trinajstić information content (AvgIpc) is 3.28. The molecule has 1 heterocycles. The van der Waals surface area contributed by atoms with E-state index in [1.807, 2.05) is 0 Å². The van der Waals surface area contributed by atoms with Gasteiger partial charge in [0, 0.05) is 11.4 Å². The lowest BCUT2D eigenvalue weighted by Gasteiger charge is -2.15. The normalized spacial score (nSPS) is 10.2. The van der Waals surface area contributed by atoms with Crippen LogP contribution in [0, 0.1) is 11.6 Å². The first-order valence-corrected chi connectivity index (χ1v) is 10.4. The van der Waals surface area contributed by atoms with E-state index in [1.165, 1.54) is 37.8 Å². The van der Waals surface area contributed by atoms with E-state index in [9.17, 15) is 23.2 Å². The second-order valence-corrected chi connectivity index (χ2v) is 7.25. The number of methoxy groups -OCH3 is 2. The van der Waals surface area contributed by atoms with Crippen LogP contribution < -0.4 is 25.4 Å².